The van der Waals surface area contributed by atoms with Crippen LogP contribution in [0.25, 0.3) is 0 Å². The van der Waals surface area contributed by atoms with Crippen molar-refractivity contribution in [2.24, 2.45) is 0 Å². The largest absolute Gasteiger partial charge is 0.497 e. The van der Waals surface area contributed by atoms with Gasteiger partial charge in [0.1, 0.15) is 18.3 Å². The van der Waals surface area contributed by atoms with Crippen LogP contribution in [0.5, 0.6) is 5.75 Å². The first-order chi connectivity index (χ1) is 20.1. The molecule has 0 unspecified atom stereocenters. The van der Waals surface area contributed by atoms with Crippen LogP contribution in [0.3, 0.4) is 0 Å². The average Bonchev–Trinajstić information content (AvgIpc) is 3.00. The quantitative estimate of drug-likeness (QED) is 0.277. The van der Waals surface area contributed by atoms with Crippen molar-refractivity contribution < 1.29 is 22.7 Å². The van der Waals surface area contributed by atoms with Crippen molar-refractivity contribution in [2.45, 2.75) is 62.6 Å². The number of hydrogen-bond acceptors (Lipinski definition) is 5. The molecule has 0 heterocycles. The van der Waals surface area contributed by atoms with E-state index in [2.05, 4.69) is 5.32 Å². The van der Waals surface area contributed by atoms with Crippen LogP contribution in [0.15, 0.2) is 77.7 Å². The van der Waals surface area contributed by atoms with E-state index in [4.69, 9.17) is 27.9 Å². The zero-order valence-corrected chi connectivity index (χ0v) is 26.0. The second-order valence-corrected chi connectivity index (χ2v) is 13.0. The van der Waals surface area contributed by atoms with Crippen LogP contribution >= 0.6 is 23.2 Å². The highest BCUT2D eigenvalue weighted by Crippen LogP contribution is 2.27. The molecule has 1 aliphatic rings. The van der Waals surface area contributed by atoms with Crippen LogP contribution in [0.4, 0.5) is 5.69 Å². The number of carbonyl (C=O) groups is 2. The molecule has 0 bridgehead atoms. The molecule has 3 aromatic rings. The third kappa shape index (κ3) is 7.76. The predicted octanol–water partition coefficient (Wildman–Crippen LogP) is 6.06. The van der Waals surface area contributed by atoms with Crippen molar-refractivity contribution in [3.8, 4) is 5.75 Å². The molecule has 0 radical (unpaired) electrons. The third-order valence-corrected chi connectivity index (χ3v) is 9.95. The summed E-state index contributed by atoms with van der Waals surface area (Å²) < 4.78 is 34.0. The molecule has 0 spiro atoms. The molecule has 1 aliphatic carbocycles. The van der Waals surface area contributed by atoms with Gasteiger partial charge in [-0.05, 0) is 73.9 Å². The summed E-state index contributed by atoms with van der Waals surface area (Å²) in [4.78, 5) is 28.9. The molecule has 1 N–H and O–H groups in total. The Morgan fingerprint density at radius 1 is 0.952 bits per heavy atom. The van der Waals surface area contributed by atoms with Gasteiger partial charge in [-0.3, -0.25) is 13.9 Å². The van der Waals surface area contributed by atoms with E-state index >= 15 is 0 Å². The minimum Gasteiger partial charge on any atom is -0.497 e. The van der Waals surface area contributed by atoms with E-state index < -0.39 is 28.5 Å². The number of para-hydroxylation sites is 1. The van der Waals surface area contributed by atoms with Crippen LogP contribution in [0.1, 0.15) is 44.6 Å². The molecule has 3 aromatic carbocycles. The lowest BCUT2D eigenvalue weighted by atomic mass is 9.95. The molecular weight excluding hydrogens is 597 g/mol. The van der Waals surface area contributed by atoms with Gasteiger partial charge in [-0.2, -0.15) is 0 Å². The summed E-state index contributed by atoms with van der Waals surface area (Å²) in [7, 11) is -2.68. The number of methoxy groups -OCH3 is 1. The number of hydrogen-bond donors (Lipinski definition) is 1. The van der Waals surface area contributed by atoms with E-state index in [0.717, 1.165) is 36.4 Å². The number of rotatable bonds is 11. The highest BCUT2D eigenvalue weighted by molar-refractivity contribution is 7.92. The standard InChI is InChI=1S/C31H35Cl2N3O5S/c1-22(31(38)34-24-9-5-3-6-10-24)35(20-23-13-18-28(32)29(33)19-23)30(37)21-36(25-11-7-4-8-12-25)42(39,40)27-16-14-26(41-2)15-17-27/h4,7-8,11-19,22,24H,3,5-6,9-10,20-21H2,1-2H3,(H,34,38)/t22-/m1/s1. The SMILES string of the molecule is COc1ccc(S(=O)(=O)N(CC(=O)N(Cc2ccc(Cl)c(Cl)c2)[C@H](C)C(=O)NC2CCCCC2)c2ccccc2)cc1. The summed E-state index contributed by atoms with van der Waals surface area (Å²) in [6.07, 6.45) is 5.00. The second-order valence-electron chi connectivity index (χ2n) is 10.3. The van der Waals surface area contributed by atoms with Crippen molar-refractivity contribution in [1.29, 1.82) is 0 Å². The molecule has 42 heavy (non-hydrogen) atoms. The maximum Gasteiger partial charge on any atom is 0.264 e. The Morgan fingerprint density at radius 2 is 1.62 bits per heavy atom. The Labute approximate surface area is 257 Å². The number of benzene rings is 3. The van der Waals surface area contributed by atoms with Crippen molar-refractivity contribution in [2.75, 3.05) is 18.0 Å². The van der Waals surface area contributed by atoms with E-state index in [1.165, 1.54) is 24.1 Å². The van der Waals surface area contributed by atoms with Gasteiger partial charge >= 0.3 is 0 Å². The van der Waals surface area contributed by atoms with Gasteiger partial charge in [0.15, 0.2) is 0 Å². The molecule has 0 aromatic heterocycles. The van der Waals surface area contributed by atoms with Gasteiger partial charge in [0.05, 0.1) is 27.7 Å². The maximum atomic E-state index is 14.1. The Morgan fingerprint density at radius 3 is 2.24 bits per heavy atom. The number of halogens is 2. The van der Waals surface area contributed by atoms with Crippen LogP contribution in [0, 0.1) is 0 Å². The first-order valence-electron chi connectivity index (χ1n) is 13.9. The molecule has 11 heteroatoms. The van der Waals surface area contributed by atoms with Gasteiger partial charge in [0, 0.05) is 12.6 Å². The summed E-state index contributed by atoms with van der Waals surface area (Å²) in [6.45, 7) is 1.15. The summed E-state index contributed by atoms with van der Waals surface area (Å²) in [6, 6.07) is 18.5. The van der Waals surface area contributed by atoms with Crippen LogP contribution < -0.4 is 14.4 Å². The van der Waals surface area contributed by atoms with E-state index in [9.17, 15) is 18.0 Å². The molecule has 0 saturated heterocycles. The van der Waals surface area contributed by atoms with Crippen molar-refractivity contribution in [3.05, 3.63) is 88.4 Å². The molecule has 1 atom stereocenters. The lowest BCUT2D eigenvalue weighted by molar-refractivity contribution is -0.139. The monoisotopic (exact) mass is 631 g/mol. The number of carbonyl (C=O) groups excluding carboxylic acids is 2. The fraction of sp³-hybridized carbons (Fsp3) is 0.355. The molecule has 8 nitrogen and oxygen atoms in total. The highest BCUT2D eigenvalue weighted by Gasteiger charge is 2.33. The number of anilines is 1. The molecule has 1 saturated carbocycles. The Kier molecular flexibility index (Phi) is 10.8. The van der Waals surface area contributed by atoms with E-state index in [1.807, 2.05) is 0 Å². The first kappa shape index (κ1) is 31.7. The van der Waals surface area contributed by atoms with Crippen LogP contribution in [-0.4, -0.2) is 50.9 Å². The fourth-order valence-corrected chi connectivity index (χ4v) is 6.72. The summed E-state index contributed by atoms with van der Waals surface area (Å²) in [5.41, 5.74) is 0.967. The van der Waals surface area contributed by atoms with E-state index in [0.29, 0.717) is 27.0 Å². The van der Waals surface area contributed by atoms with Crippen molar-refractivity contribution in [3.63, 3.8) is 0 Å². The highest BCUT2D eigenvalue weighted by atomic mass is 35.5. The van der Waals surface area contributed by atoms with Gasteiger partial charge in [0.25, 0.3) is 10.0 Å². The minimum atomic E-state index is -4.17. The summed E-state index contributed by atoms with van der Waals surface area (Å²) in [5.74, 6) is -0.338. The maximum absolute atomic E-state index is 14.1. The van der Waals surface area contributed by atoms with Crippen LogP contribution in [0.2, 0.25) is 10.0 Å². The number of amides is 2. The van der Waals surface area contributed by atoms with Gasteiger partial charge < -0.3 is 15.0 Å². The zero-order chi connectivity index (χ0) is 30.3. The minimum absolute atomic E-state index is 0.000855. The Balaban J connectivity index is 1.67. The average molecular weight is 633 g/mol. The van der Waals surface area contributed by atoms with Crippen LogP contribution in [-0.2, 0) is 26.2 Å². The topological polar surface area (TPSA) is 96.0 Å². The van der Waals surface area contributed by atoms with E-state index in [1.54, 1.807) is 67.6 Å². The zero-order valence-electron chi connectivity index (χ0n) is 23.6. The smallest absolute Gasteiger partial charge is 0.264 e. The Bertz CT molecular complexity index is 1480. The summed E-state index contributed by atoms with van der Waals surface area (Å²) >= 11 is 12.4. The van der Waals surface area contributed by atoms with Gasteiger partial charge in [-0.25, -0.2) is 8.42 Å². The molecule has 1 fully saturated rings. The third-order valence-electron chi connectivity index (χ3n) is 7.43. The Hall–Kier alpha value is -3.27. The lowest BCUT2D eigenvalue weighted by Crippen LogP contribution is -2.53. The van der Waals surface area contributed by atoms with Crippen molar-refractivity contribution in [1.82, 2.24) is 10.2 Å². The van der Waals surface area contributed by atoms with E-state index in [-0.39, 0.29) is 23.4 Å². The second kappa shape index (κ2) is 14.3. The fourth-order valence-electron chi connectivity index (χ4n) is 4.98. The molecule has 0 aliphatic heterocycles. The number of nitrogens with zero attached hydrogens (tertiary/aromatic N) is 2. The predicted molar refractivity (Wildman–Crippen MR) is 165 cm³/mol. The normalized spacial score (nSPS) is 14.6. The number of nitrogens with one attached hydrogen (secondary N) is 1. The lowest BCUT2D eigenvalue weighted by Gasteiger charge is -2.33. The molecule has 4 rings (SSSR count). The molecule has 2 amide bonds. The first-order valence-corrected chi connectivity index (χ1v) is 16.1. The number of ether oxygens (including phenoxy) is 1. The summed E-state index contributed by atoms with van der Waals surface area (Å²) in [5, 5.41) is 3.77. The van der Waals surface area contributed by atoms with Crippen molar-refractivity contribution >= 4 is 50.7 Å². The van der Waals surface area contributed by atoms with Gasteiger partial charge in [-0.15, -0.1) is 0 Å². The number of sulfonamides is 1. The van der Waals surface area contributed by atoms with Gasteiger partial charge in [-0.1, -0.05) is 66.7 Å². The molecular formula is C31H35Cl2N3O5S. The van der Waals surface area contributed by atoms with Gasteiger partial charge in [0.2, 0.25) is 11.8 Å². The molecule has 224 valence electrons.